The average molecular weight is 236 g/mol. The number of rotatable bonds is 3. The Morgan fingerprint density at radius 3 is 2.43 bits per heavy atom. The molecule has 14 heavy (non-hydrogen) atoms. The Kier molecular flexibility index (Phi) is 3.84. The molecule has 0 amide bonds. The summed E-state index contributed by atoms with van der Waals surface area (Å²) >= 11 is 11.7. The Hall–Kier alpha value is -0.670. The van der Waals surface area contributed by atoms with Crippen molar-refractivity contribution in [3.63, 3.8) is 0 Å². The summed E-state index contributed by atoms with van der Waals surface area (Å²) in [4.78, 5) is 14.2. The largest absolute Gasteiger partial charge is 0.461 e. The van der Waals surface area contributed by atoms with E-state index in [1.807, 2.05) is 6.92 Å². The van der Waals surface area contributed by atoms with Gasteiger partial charge in [-0.25, -0.2) is 4.79 Å². The highest BCUT2D eigenvalue weighted by Gasteiger charge is 2.19. The number of aromatic nitrogens is 1. The lowest BCUT2D eigenvalue weighted by atomic mass is 10.3. The average Bonchev–Trinajstić information content (AvgIpc) is 2.44. The molecular formula is C9H11Cl2NO2. The quantitative estimate of drug-likeness (QED) is 0.819. The highest BCUT2D eigenvalue weighted by molar-refractivity contribution is 6.44. The topological polar surface area (TPSA) is 42.1 Å². The van der Waals surface area contributed by atoms with E-state index in [4.69, 9.17) is 27.9 Å². The second kappa shape index (κ2) is 4.71. The monoisotopic (exact) mass is 235 g/mol. The molecule has 1 rings (SSSR count). The highest BCUT2D eigenvalue weighted by Crippen LogP contribution is 2.30. The van der Waals surface area contributed by atoms with Crippen molar-refractivity contribution in [2.45, 2.75) is 20.3 Å². The predicted octanol–water partition coefficient (Wildman–Crippen LogP) is 3.06. The Morgan fingerprint density at radius 2 is 2.00 bits per heavy atom. The minimum absolute atomic E-state index is 0.232. The fraction of sp³-hybridized carbons (Fsp3) is 0.444. The summed E-state index contributed by atoms with van der Waals surface area (Å²) in [6.45, 7) is 3.97. The van der Waals surface area contributed by atoms with Crippen molar-refractivity contribution < 1.29 is 9.53 Å². The number of hydrogen-bond acceptors (Lipinski definition) is 2. The van der Waals surface area contributed by atoms with Crippen LogP contribution in [0.1, 0.15) is 30.0 Å². The summed E-state index contributed by atoms with van der Waals surface area (Å²) in [5, 5.41) is 0.638. The molecule has 0 unspecified atom stereocenters. The van der Waals surface area contributed by atoms with Crippen LogP contribution in [0.4, 0.5) is 0 Å². The lowest BCUT2D eigenvalue weighted by Gasteiger charge is -1.98. The Morgan fingerprint density at radius 1 is 1.36 bits per heavy atom. The van der Waals surface area contributed by atoms with E-state index in [1.165, 1.54) is 0 Å². The third-order valence-corrected chi connectivity index (χ3v) is 2.68. The van der Waals surface area contributed by atoms with Crippen LogP contribution in [0.25, 0.3) is 0 Å². The van der Waals surface area contributed by atoms with E-state index >= 15 is 0 Å². The molecule has 0 aliphatic heterocycles. The number of aryl methyl sites for hydroxylation is 1. The van der Waals surface area contributed by atoms with Crippen LogP contribution in [0.15, 0.2) is 0 Å². The molecule has 0 spiro atoms. The van der Waals surface area contributed by atoms with Gasteiger partial charge in [-0.1, -0.05) is 30.1 Å². The first-order chi connectivity index (χ1) is 6.61. The number of ether oxygens (including phenoxy) is 1. The first kappa shape index (κ1) is 11.4. The standard InChI is InChI=1S/C9H11Cl2NO2/c1-3-5-6(10)7(11)8(12-5)9(13)14-4-2/h12H,3-4H2,1-2H3. The molecule has 0 saturated carbocycles. The molecule has 0 fully saturated rings. The van der Waals surface area contributed by atoms with E-state index < -0.39 is 5.97 Å². The molecule has 0 saturated heterocycles. The molecule has 1 heterocycles. The van der Waals surface area contributed by atoms with E-state index in [9.17, 15) is 4.79 Å². The molecule has 1 N–H and O–H groups in total. The number of esters is 1. The molecule has 0 bridgehead atoms. The number of halogens is 2. The molecule has 5 heteroatoms. The zero-order valence-electron chi connectivity index (χ0n) is 7.99. The van der Waals surface area contributed by atoms with Crippen molar-refractivity contribution in [2.75, 3.05) is 6.61 Å². The van der Waals surface area contributed by atoms with E-state index in [-0.39, 0.29) is 10.7 Å². The molecule has 0 aliphatic rings. The first-order valence-corrected chi connectivity index (χ1v) is 5.10. The SMILES string of the molecule is CCOC(=O)c1[nH]c(CC)c(Cl)c1Cl. The Labute approximate surface area is 92.3 Å². The van der Waals surface area contributed by atoms with Gasteiger partial charge >= 0.3 is 5.97 Å². The van der Waals surface area contributed by atoms with Gasteiger partial charge in [0.05, 0.1) is 16.7 Å². The lowest BCUT2D eigenvalue weighted by molar-refractivity contribution is 0.0520. The van der Waals surface area contributed by atoms with E-state index in [2.05, 4.69) is 4.98 Å². The van der Waals surface area contributed by atoms with Gasteiger partial charge in [0, 0.05) is 5.69 Å². The van der Waals surface area contributed by atoms with Gasteiger partial charge in [0.25, 0.3) is 0 Å². The molecule has 1 aromatic rings. The van der Waals surface area contributed by atoms with Gasteiger partial charge < -0.3 is 9.72 Å². The van der Waals surface area contributed by atoms with Crippen LogP contribution in [-0.2, 0) is 11.2 Å². The van der Waals surface area contributed by atoms with Gasteiger partial charge in [-0.05, 0) is 13.3 Å². The maximum Gasteiger partial charge on any atom is 0.356 e. The summed E-state index contributed by atoms with van der Waals surface area (Å²) in [5.74, 6) is -0.473. The van der Waals surface area contributed by atoms with Crippen molar-refractivity contribution >= 4 is 29.2 Å². The smallest absolute Gasteiger partial charge is 0.356 e. The summed E-state index contributed by atoms with van der Waals surface area (Å²) < 4.78 is 4.81. The van der Waals surface area contributed by atoms with Crippen LogP contribution in [0.3, 0.4) is 0 Å². The van der Waals surface area contributed by atoms with Crippen molar-refractivity contribution in [1.82, 2.24) is 4.98 Å². The summed E-state index contributed by atoms with van der Waals surface area (Å²) in [6.07, 6.45) is 0.692. The molecule has 78 valence electrons. The number of H-pyrrole nitrogens is 1. The lowest BCUT2D eigenvalue weighted by Crippen LogP contribution is -2.05. The maximum atomic E-state index is 11.4. The third-order valence-electron chi connectivity index (χ3n) is 1.79. The fourth-order valence-corrected chi connectivity index (χ4v) is 1.60. The van der Waals surface area contributed by atoms with Gasteiger partial charge in [0.15, 0.2) is 0 Å². The molecule has 0 atom stereocenters. The third kappa shape index (κ3) is 2.04. The zero-order chi connectivity index (χ0) is 10.7. The molecule has 0 radical (unpaired) electrons. The molecule has 3 nitrogen and oxygen atoms in total. The van der Waals surface area contributed by atoms with Crippen molar-refractivity contribution in [3.8, 4) is 0 Å². The second-order valence-corrected chi connectivity index (χ2v) is 3.44. The highest BCUT2D eigenvalue weighted by atomic mass is 35.5. The minimum Gasteiger partial charge on any atom is -0.461 e. The predicted molar refractivity (Wildman–Crippen MR) is 56.1 cm³/mol. The number of hydrogen-bond donors (Lipinski definition) is 1. The minimum atomic E-state index is -0.473. The van der Waals surface area contributed by atoms with Gasteiger partial charge in [0.1, 0.15) is 5.69 Å². The van der Waals surface area contributed by atoms with Crippen molar-refractivity contribution in [1.29, 1.82) is 0 Å². The van der Waals surface area contributed by atoms with Crippen LogP contribution in [-0.4, -0.2) is 17.6 Å². The second-order valence-electron chi connectivity index (χ2n) is 2.68. The van der Waals surface area contributed by atoms with E-state index in [0.717, 1.165) is 5.69 Å². The molecule has 0 aromatic carbocycles. The Bertz CT molecular complexity index is 347. The first-order valence-electron chi connectivity index (χ1n) is 4.34. The number of carbonyl (C=O) groups excluding carboxylic acids is 1. The van der Waals surface area contributed by atoms with Gasteiger partial charge in [-0.3, -0.25) is 0 Å². The number of aromatic amines is 1. The summed E-state index contributed by atoms with van der Waals surface area (Å²) in [7, 11) is 0. The van der Waals surface area contributed by atoms with Crippen LogP contribution in [0, 0.1) is 0 Å². The van der Waals surface area contributed by atoms with E-state index in [1.54, 1.807) is 6.92 Å². The summed E-state index contributed by atoms with van der Waals surface area (Å²) in [5.41, 5.74) is 0.982. The zero-order valence-corrected chi connectivity index (χ0v) is 9.50. The number of nitrogens with one attached hydrogen (secondary N) is 1. The van der Waals surface area contributed by atoms with Gasteiger partial charge in [0.2, 0.25) is 0 Å². The fourth-order valence-electron chi connectivity index (χ4n) is 1.09. The van der Waals surface area contributed by atoms with Crippen LogP contribution in [0.2, 0.25) is 10.0 Å². The molecule has 0 aliphatic carbocycles. The van der Waals surface area contributed by atoms with E-state index in [0.29, 0.717) is 18.1 Å². The van der Waals surface area contributed by atoms with Crippen LogP contribution < -0.4 is 0 Å². The van der Waals surface area contributed by atoms with Crippen molar-refractivity contribution in [2.24, 2.45) is 0 Å². The maximum absolute atomic E-state index is 11.4. The van der Waals surface area contributed by atoms with Gasteiger partial charge in [-0.2, -0.15) is 0 Å². The molecular weight excluding hydrogens is 225 g/mol. The normalized spacial score (nSPS) is 10.3. The Balaban J connectivity index is 3.04. The van der Waals surface area contributed by atoms with Crippen molar-refractivity contribution in [3.05, 3.63) is 21.4 Å². The summed E-state index contributed by atoms with van der Waals surface area (Å²) in [6, 6.07) is 0. The molecule has 1 aromatic heterocycles. The number of carbonyl (C=O) groups is 1. The van der Waals surface area contributed by atoms with Gasteiger partial charge in [-0.15, -0.1) is 0 Å². The van der Waals surface area contributed by atoms with Crippen LogP contribution >= 0.6 is 23.2 Å². The van der Waals surface area contributed by atoms with Crippen LogP contribution in [0.5, 0.6) is 0 Å².